The van der Waals surface area contributed by atoms with Crippen LogP contribution in [-0.2, 0) is 16.0 Å². The van der Waals surface area contributed by atoms with Crippen molar-refractivity contribution in [2.24, 2.45) is 0 Å². The highest BCUT2D eigenvalue weighted by Crippen LogP contribution is 2.33. The van der Waals surface area contributed by atoms with Crippen molar-refractivity contribution >= 4 is 11.9 Å². The highest BCUT2D eigenvalue weighted by Gasteiger charge is 2.23. The molecule has 2 atom stereocenters. The van der Waals surface area contributed by atoms with Gasteiger partial charge in [-0.1, -0.05) is 18.2 Å². The minimum atomic E-state index is -1.03. The molecule has 0 spiro atoms. The van der Waals surface area contributed by atoms with E-state index in [-0.39, 0.29) is 17.4 Å². The van der Waals surface area contributed by atoms with Gasteiger partial charge in [-0.25, -0.2) is 9.18 Å². The van der Waals surface area contributed by atoms with Gasteiger partial charge in [-0.05, 0) is 50.1 Å². The van der Waals surface area contributed by atoms with Gasteiger partial charge in [0.1, 0.15) is 5.82 Å². The second kappa shape index (κ2) is 10.4. The van der Waals surface area contributed by atoms with Crippen molar-refractivity contribution in [3.05, 3.63) is 71.6 Å². The molecule has 0 fully saturated rings. The first-order valence-corrected chi connectivity index (χ1v) is 9.43. The number of hydrogen-bond acceptors (Lipinski definition) is 5. The van der Waals surface area contributed by atoms with Crippen LogP contribution in [0.15, 0.2) is 49.1 Å². The SMILES string of the molecule is C=CCc1cc(C(=O)OC(C)C(=O)NC(C)c2ccc(F)cc2)cc(OC)c1OC. The number of amides is 1. The molecule has 7 heteroatoms. The maximum atomic E-state index is 13.1. The molecule has 2 aromatic carbocycles. The molecule has 1 N–H and O–H groups in total. The highest BCUT2D eigenvalue weighted by atomic mass is 19.1. The van der Waals surface area contributed by atoms with E-state index >= 15 is 0 Å². The number of ether oxygens (including phenoxy) is 3. The fraction of sp³-hybridized carbons (Fsp3) is 0.304. The molecule has 0 aliphatic rings. The standard InChI is InChI=1S/C23H26FNO5/c1-6-7-17-12-18(13-20(28-4)21(17)29-5)23(27)30-15(3)22(26)25-14(2)16-8-10-19(24)11-9-16/h6,8-15H,1,7H2,2-5H3,(H,25,26). The summed E-state index contributed by atoms with van der Waals surface area (Å²) in [7, 11) is 2.98. The smallest absolute Gasteiger partial charge is 0.339 e. The number of carbonyl (C=O) groups excluding carboxylic acids is 2. The van der Waals surface area contributed by atoms with Crippen LogP contribution in [0.4, 0.5) is 4.39 Å². The molecule has 0 heterocycles. The van der Waals surface area contributed by atoms with Crippen LogP contribution >= 0.6 is 0 Å². The van der Waals surface area contributed by atoms with Gasteiger partial charge in [0.2, 0.25) is 0 Å². The number of hydrogen-bond donors (Lipinski definition) is 1. The molecule has 30 heavy (non-hydrogen) atoms. The predicted octanol–water partition coefficient (Wildman–Crippen LogP) is 3.99. The van der Waals surface area contributed by atoms with Crippen molar-refractivity contribution in [3.8, 4) is 11.5 Å². The average Bonchev–Trinajstić information content (AvgIpc) is 2.73. The normalized spacial score (nSPS) is 12.4. The first-order valence-electron chi connectivity index (χ1n) is 9.43. The lowest BCUT2D eigenvalue weighted by Gasteiger charge is -2.19. The fourth-order valence-corrected chi connectivity index (χ4v) is 2.92. The van der Waals surface area contributed by atoms with Gasteiger partial charge < -0.3 is 19.5 Å². The Kier molecular flexibility index (Phi) is 7.98. The van der Waals surface area contributed by atoms with Gasteiger partial charge >= 0.3 is 5.97 Å². The Morgan fingerprint density at radius 2 is 1.80 bits per heavy atom. The Bertz CT molecular complexity index is 911. The quantitative estimate of drug-likeness (QED) is 0.495. The number of benzene rings is 2. The van der Waals surface area contributed by atoms with E-state index in [1.807, 2.05) is 0 Å². The van der Waals surface area contributed by atoms with E-state index in [1.165, 1.54) is 39.3 Å². The molecule has 0 saturated carbocycles. The largest absolute Gasteiger partial charge is 0.493 e. The number of rotatable bonds is 9. The van der Waals surface area contributed by atoms with Crippen molar-refractivity contribution < 1.29 is 28.2 Å². The molecule has 0 radical (unpaired) electrons. The van der Waals surface area contributed by atoms with Gasteiger partial charge in [0, 0.05) is 5.56 Å². The zero-order chi connectivity index (χ0) is 22.3. The second-order valence-electron chi connectivity index (χ2n) is 6.69. The van der Waals surface area contributed by atoms with Crippen LogP contribution in [0.25, 0.3) is 0 Å². The molecule has 2 aromatic rings. The zero-order valence-electron chi connectivity index (χ0n) is 17.5. The number of nitrogens with one attached hydrogen (secondary N) is 1. The van der Waals surface area contributed by atoms with Crippen molar-refractivity contribution in [1.29, 1.82) is 0 Å². The lowest BCUT2D eigenvalue weighted by Crippen LogP contribution is -2.37. The molecular formula is C23H26FNO5. The Hall–Kier alpha value is -3.35. The lowest BCUT2D eigenvalue weighted by atomic mass is 10.1. The van der Waals surface area contributed by atoms with Gasteiger partial charge in [0.05, 0.1) is 25.8 Å². The molecule has 0 saturated heterocycles. The maximum absolute atomic E-state index is 13.1. The van der Waals surface area contributed by atoms with E-state index in [0.29, 0.717) is 23.5 Å². The third kappa shape index (κ3) is 5.59. The van der Waals surface area contributed by atoms with Gasteiger partial charge in [-0.3, -0.25) is 4.79 Å². The second-order valence-corrected chi connectivity index (χ2v) is 6.69. The zero-order valence-corrected chi connectivity index (χ0v) is 17.5. The third-order valence-electron chi connectivity index (χ3n) is 4.54. The monoisotopic (exact) mass is 415 g/mol. The summed E-state index contributed by atoms with van der Waals surface area (Å²) in [5, 5.41) is 2.75. The van der Waals surface area contributed by atoms with Crippen LogP contribution < -0.4 is 14.8 Å². The number of esters is 1. The first kappa shape index (κ1) is 22.9. The van der Waals surface area contributed by atoms with Gasteiger partial charge in [0.15, 0.2) is 17.6 Å². The van der Waals surface area contributed by atoms with E-state index < -0.39 is 18.0 Å². The first-order chi connectivity index (χ1) is 14.3. The van der Waals surface area contributed by atoms with Crippen LogP contribution in [0.1, 0.15) is 41.4 Å². The van der Waals surface area contributed by atoms with Crippen LogP contribution in [-0.4, -0.2) is 32.2 Å². The Labute approximate surface area is 175 Å². The summed E-state index contributed by atoms with van der Waals surface area (Å²) >= 11 is 0. The molecule has 0 aromatic heterocycles. The molecular weight excluding hydrogens is 389 g/mol. The maximum Gasteiger partial charge on any atom is 0.339 e. The van der Waals surface area contributed by atoms with Gasteiger partial charge in [-0.15, -0.1) is 6.58 Å². The van der Waals surface area contributed by atoms with Crippen molar-refractivity contribution in [2.45, 2.75) is 32.4 Å². The van der Waals surface area contributed by atoms with E-state index in [1.54, 1.807) is 31.2 Å². The summed E-state index contributed by atoms with van der Waals surface area (Å²) < 4.78 is 29.0. The van der Waals surface area contributed by atoms with E-state index in [9.17, 15) is 14.0 Å². The molecule has 2 rings (SSSR count). The van der Waals surface area contributed by atoms with E-state index in [0.717, 1.165) is 5.56 Å². The number of carbonyl (C=O) groups is 2. The minimum absolute atomic E-state index is 0.232. The number of halogens is 1. The van der Waals surface area contributed by atoms with Crippen molar-refractivity contribution in [3.63, 3.8) is 0 Å². The molecule has 160 valence electrons. The number of allylic oxidation sites excluding steroid dienone is 1. The topological polar surface area (TPSA) is 73.9 Å². The van der Waals surface area contributed by atoms with Crippen LogP contribution in [0.3, 0.4) is 0 Å². The fourth-order valence-electron chi connectivity index (χ4n) is 2.92. The van der Waals surface area contributed by atoms with E-state index in [4.69, 9.17) is 14.2 Å². The summed E-state index contributed by atoms with van der Waals surface area (Å²) in [4.78, 5) is 25.0. The molecule has 0 aliphatic carbocycles. The molecule has 0 bridgehead atoms. The Morgan fingerprint density at radius 3 is 2.37 bits per heavy atom. The highest BCUT2D eigenvalue weighted by molar-refractivity contribution is 5.93. The molecule has 2 unspecified atom stereocenters. The van der Waals surface area contributed by atoms with Crippen molar-refractivity contribution in [1.82, 2.24) is 5.32 Å². The predicted molar refractivity (Wildman–Crippen MR) is 111 cm³/mol. The molecule has 1 amide bonds. The average molecular weight is 415 g/mol. The minimum Gasteiger partial charge on any atom is -0.493 e. The molecule has 6 nitrogen and oxygen atoms in total. The summed E-state index contributed by atoms with van der Waals surface area (Å²) in [5.74, 6) is -0.602. The van der Waals surface area contributed by atoms with Gasteiger partial charge in [0.25, 0.3) is 5.91 Å². The number of methoxy groups -OCH3 is 2. The summed E-state index contributed by atoms with van der Waals surface area (Å²) in [6.45, 7) is 6.95. The summed E-state index contributed by atoms with van der Waals surface area (Å²) in [6.07, 6.45) is 1.11. The molecule has 0 aliphatic heterocycles. The Morgan fingerprint density at radius 1 is 1.13 bits per heavy atom. The Balaban J connectivity index is 2.10. The van der Waals surface area contributed by atoms with Crippen molar-refractivity contribution in [2.75, 3.05) is 14.2 Å². The van der Waals surface area contributed by atoms with Crippen LogP contribution in [0.5, 0.6) is 11.5 Å². The summed E-state index contributed by atoms with van der Waals surface area (Å²) in [6, 6.07) is 8.55. The van der Waals surface area contributed by atoms with Gasteiger partial charge in [-0.2, -0.15) is 0 Å². The lowest BCUT2D eigenvalue weighted by molar-refractivity contribution is -0.129. The third-order valence-corrected chi connectivity index (χ3v) is 4.54. The van der Waals surface area contributed by atoms with E-state index in [2.05, 4.69) is 11.9 Å². The van der Waals surface area contributed by atoms with Crippen LogP contribution in [0.2, 0.25) is 0 Å². The summed E-state index contributed by atoms with van der Waals surface area (Å²) in [5.41, 5.74) is 1.67. The van der Waals surface area contributed by atoms with Crippen LogP contribution in [0, 0.1) is 5.82 Å².